The Morgan fingerprint density at radius 2 is 2.14 bits per heavy atom. The van der Waals surface area contributed by atoms with Gasteiger partial charge in [0.25, 0.3) is 0 Å². The van der Waals surface area contributed by atoms with Crippen LogP contribution in [-0.4, -0.2) is 6.54 Å². The highest BCUT2D eigenvalue weighted by Crippen LogP contribution is 2.23. The quantitative estimate of drug-likeness (QED) is 0.753. The highest BCUT2D eigenvalue weighted by Gasteiger charge is 2.14. The first kappa shape index (κ1) is 11.3. The van der Waals surface area contributed by atoms with E-state index in [1.807, 2.05) is 0 Å². The van der Waals surface area contributed by atoms with Gasteiger partial charge in [0.1, 0.15) is 5.76 Å². The van der Waals surface area contributed by atoms with Crippen molar-refractivity contribution < 1.29 is 4.42 Å². The lowest BCUT2D eigenvalue weighted by Crippen LogP contribution is -2.21. The predicted molar refractivity (Wildman–Crippen MR) is 59.4 cm³/mol. The molecule has 2 heteroatoms. The van der Waals surface area contributed by atoms with E-state index in [9.17, 15) is 0 Å². The van der Waals surface area contributed by atoms with E-state index in [4.69, 9.17) is 4.42 Å². The molecule has 0 aliphatic heterocycles. The van der Waals surface area contributed by atoms with Crippen LogP contribution in [-0.2, 0) is 6.42 Å². The van der Waals surface area contributed by atoms with Crippen LogP contribution in [0, 0.1) is 0 Å². The van der Waals surface area contributed by atoms with Gasteiger partial charge >= 0.3 is 0 Å². The molecule has 80 valence electrons. The van der Waals surface area contributed by atoms with Crippen LogP contribution in [0.25, 0.3) is 0 Å². The summed E-state index contributed by atoms with van der Waals surface area (Å²) in [7, 11) is 0. The Morgan fingerprint density at radius 1 is 1.36 bits per heavy atom. The van der Waals surface area contributed by atoms with Crippen LogP contribution in [0.15, 0.2) is 16.7 Å². The van der Waals surface area contributed by atoms with Gasteiger partial charge in [-0.1, -0.05) is 27.2 Å². The molecule has 0 radical (unpaired) electrons. The van der Waals surface area contributed by atoms with E-state index in [-0.39, 0.29) is 0 Å². The number of hydrogen-bond donors (Lipinski definition) is 1. The summed E-state index contributed by atoms with van der Waals surface area (Å²) in [4.78, 5) is 0. The third kappa shape index (κ3) is 2.61. The Kier molecular flexibility index (Phi) is 4.74. The normalized spacial score (nSPS) is 13.1. The molecular formula is C12H21NO. The molecule has 0 fully saturated rings. The molecule has 0 bridgehead atoms. The highest BCUT2D eigenvalue weighted by molar-refractivity contribution is 5.21. The van der Waals surface area contributed by atoms with Gasteiger partial charge in [-0.15, -0.1) is 0 Å². The molecule has 0 saturated heterocycles. The molecule has 0 saturated carbocycles. The Morgan fingerprint density at radius 3 is 2.71 bits per heavy atom. The van der Waals surface area contributed by atoms with Crippen LogP contribution >= 0.6 is 0 Å². The Hall–Kier alpha value is -0.760. The first-order chi connectivity index (χ1) is 6.83. The lowest BCUT2D eigenvalue weighted by Gasteiger charge is -2.16. The Bertz CT molecular complexity index is 249. The van der Waals surface area contributed by atoms with Gasteiger partial charge < -0.3 is 9.73 Å². The first-order valence-electron chi connectivity index (χ1n) is 5.63. The second-order valence-electron chi connectivity index (χ2n) is 3.55. The number of rotatable bonds is 6. The fourth-order valence-corrected chi connectivity index (χ4v) is 1.85. The number of furan rings is 1. The van der Waals surface area contributed by atoms with Gasteiger partial charge in [-0.2, -0.15) is 0 Å². The average molecular weight is 195 g/mol. The minimum Gasteiger partial charge on any atom is -0.469 e. The molecule has 0 aromatic carbocycles. The van der Waals surface area contributed by atoms with Crippen LogP contribution in [0.3, 0.4) is 0 Å². The van der Waals surface area contributed by atoms with Gasteiger partial charge in [0, 0.05) is 18.0 Å². The van der Waals surface area contributed by atoms with Crippen molar-refractivity contribution in [3.63, 3.8) is 0 Å². The molecule has 14 heavy (non-hydrogen) atoms. The smallest absolute Gasteiger partial charge is 0.108 e. The minimum atomic E-state index is 0.471. The summed E-state index contributed by atoms with van der Waals surface area (Å²) in [5.74, 6) is 1.13. The molecular weight excluding hydrogens is 174 g/mol. The van der Waals surface area contributed by atoms with Gasteiger partial charge in [-0.25, -0.2) is 0 Å². The van der Waals surface area contributed by atoms with E-state index in [2.05, 4.69) is 32.2 Å². The molecule has 0 aliphatic rings. The molecule has 2 nitrogen and oxygen atoms in total. The minimum absolute atomic E-state index is 0.471. The van der Waals surface area contributed by atoms with Crippen molar-refractivity contribution in [2.75, 3.05) is 6.54 Å². The van der Waals surface area contributed by atoms with Gasteiger partial charge in [0.15, 0.2) is 0 Å². The number of hydrogen-bond acceptors (Lipinski definition) is 2. The van der Waals surface area contributed by atoms with Gasteiger partial charge in [0.2, 0.25) is 0 Å². The van der Waals surface area contributed by atoms with Crippen molar-refractivity contribution in [2.24, 2.45) is 0 Å². The maximum absolute atomic E-state index is 5.45. The molecule has 0 amide bonds. The molecule has 1 atom stereocenters. The Labute approximate surface area is 86.7 Å². The third-order valence-corrected chi connectivity index (χ3v) is 2.50. The first-order valence-corrected chi connectivity index (χ1v) is 5.63. The maximum atomic E-state index is 5.45. The van der Waals surface area contributed by atoms with E-state index >= 15 is 0 Å². The summed E-state index contributed by atoms with van der Waals surface area (Å²) in [5.41, 5.74) is 1.34. The summed E-state index contributed by atoms with van der Waals surface area (Å²) < 4.78 is 5.45. The average Bonchev–Trinajstić information content (AvgIpc) is 2.65. The van der Waals surface area contributed by atoms with Crippen molar-refractivity contribution in [3.8, 4) is 0 Å². The molecule has 1 aromatic rings. The van der Waals surface area contributed by atoms with E-state index < -0.39 is 0 Å². The van der Waals surface area contributed by atoms with E-state index in [0.29, 0.717) is 6.04 Å². The number of nitrogens with one attached hydrogen (secondary N) is 1. The SMILES string of the molecule is CCCC(NCC)c1ccoc1CC. The largest absolute Gasteiger partial charge is 0.469 e. The van der Waals surface area contributed by atoms with Crippen molar-refractivity contribution in [1.82, 2.24) is 5.32 Å². The lowest BCUT2D eigenvalue weighted by molar-refractivity contribution is 0.472. The van der Waals surface area contributed by atoms with Crippen LogP contribution in [0.2, 0.25) is 0 Å². The van der Waals surface area contributed by atoms with E-state index in [0.717, 1.165) is 18.7 Å². The molecule has 1 rings (SSSR count). The molecule has 1 unspecified atom stereocenters. The fourth-order valence-electron chi connectivity index (χ4n) is 1.85. The highest BCUT2D eigenvalue weighted by atomic mass is 16.3. The maximum Gasteiger partial charge on any atom is 0.108 e. The molecule has 1 aromatic heterocycles. The van der Waals surface area contributed by atoms with Crippen LogP contribution < -0.4 is 5.32 Å². The third-order valence-electron chi connectivity index (χ3n) is 2.50. The zero-order chi connectivity index (χ0) is 10.4. The van der Waals surface area contributed by atoms with Crippen molar-refractivity contribution in [1.29, 1.82) is 0 Å². The molecule has 0 aliphatic carbocycles. The Balaban J connectivity index is 2.75. The number of aryl methyl sites for hydroxylation is 1. The lowest BCUT2D eigenvalue weighted by atomic mass is 10.0. The summed E-state index contributed by atoms with van der Waals surface area (Å²) in [6, 6.07) is 2.57. The second kappa shape index (κ2) is 5.86. The van der Waals surface area contributed by atoms with Crippen molar-refractivity contribution in [2.45, 2.75) is 46.1 Å². The van der Waals surface area contributed by atoms with Crippen LogP contribution in [0.4, 0.5) is 0 Å². The topological polar surface area (TPSA) is 25.2 Å². The zero-order valence-corrected chi connectivity index (χ0v) is 9.47. The monoisotopic (exact) mass is 195 g/mol. The predicted octanol–water partition coefficient (Wildman–Crippen LogP) is 3.29. The van der Waals surface area contributed by atoms with Gasteiger partial charge in [-0.3, -0.25) is 0 Å². The summed E-state index contributed by atoms with van der Waals surface area (Å²) >= 11 is 0. The molecule has 0 spiro atoms. The zero-order valence-electron chi connectivity index (χ0n) is 9.47. The standard InChI is InChI=1S/C12H21NO/c1-4-7-11(13-6-3)10-8-9-14-12(10)5-2/h8-9,11,13H,4-7H2,1-3H3. The van der Waals surface area contributed by atoms with Crippen LogP contribution in [0.5, 0.6) is 0 Å². The van der Waals surface area contributed by atoms with Gasteiger partial charge in [-0.05, 0) is 19.0 Å². The van der Waals surface area contributed by atoms with Crippen molar-refractivity contribution in [3.05, 3.63) is 23.7 Å². The van der Waals surface area contributed by atoms with E-state index in [1.54, 1.807) is 6.26 Å². The summed E-state index contributed by atoms with van der Waals surface area (Å²) in [6.45, 7) is 7.51. The van der Waals surface area contributed by atoms with Crippen LogP contribution in [0.1, 0.15) is 51.0 Å². The fraction of sp³-hybridized carbons (Fsp3) is 0.667. The van der Waals surface area contributed by atoms with Gasteiger partial charge in [0.05, 0.1) is 6.26 Å². The second-order valence-corrected chi connectivity index (χ2v) is 3.55. The molecule has 1 heterocycles. The summed E-state index contributed by atoms with van der Waals surface area (Å²) in [6.07, 6.45) is 5.16. The van der Waals surface area contributed by atoms with E-state index in [1.165, 1.54) is 18.4 Å². The summed E-state index contributed by atoms with van der Waals surface area (Å²) in [5, 5.41) is 3.50. The van der Waals surface area contributed by atoms with Crippen molar-refractivity contribution >= 4 is 0 Å². The molecule has 1 N–H and O–H groups in total.